The SMILES string of the molecule is COc1ccc(-c2nc3cc(NC(=O)c4cc(Cl)ccc4OC)ccc3o2)cc1. The molecule has 1 heterocycles. The number of hydrogen-bond donors (Lipinski definition) is 1. The van der Waals surface area contributed by atoms with E-state index in [9.17, 15) is 4.79 Å². The summed E-state index contributed by atoms with van der Waals surface area (Å²) in [5.74, 6) is 1.35. The van der Waals surface area contributed by atoms with Gasteiger partial charge < -0.3 is 19.2 Å². The lowest BCUT2D eigenvalue weighted by Crippen LogP contribution is -2.13. The largest absolute Gasteiger partial charge is 0.497 e. The van der Waals surface area contributed by atoms with Crippen LogP contribution in [0, 0.1) is 0 Å². The zero-order chi connectivity index (χ0) is 20.4. The first-order valence-electron chi connectivity index (χ1n) is 8.77. The molecular weight excluding hydrogens is 392 g/mol. The fourth-order valence-electron chi connectivity index (χ4n) is 2.92. The van der Waals surface area contributed by atoms with E-state index in [0.717, 1.165) is 11.3 Å². The smallest absolute Gasteiger partial charge is 0.259 e. The minimum absolute atomic E-state index is 0.331. The third kappa shape index (κ3) is 3.88. The molecule has 1 N–H and O–H groups in total. The molecular formula is C22H17ClN2O4. The lowest BCUT2D eigenvalue weighted by molar-refractivity contribution is 0.102. The fourth-order valence-corrected chi connectivity index (χ4v) is 3.09. The van der Waals surface area contributed by atoms with E-state index in [1.165, 1.54) is 7.11 Å². The van der Waals surface area contributed by atoms with Crippen LogP contribution in [-0.4, -0.2) is 25.1 Å². The van der Waals surface area contributed by atoms with E-state index in [4.69, 9.17) is 25.5 Å². The van der Waals surface area contributed by atoms with Gasteiger partial charge in [0.1, 0.15) is 17.0 Å². The molecule has 29 heavy (non-hydrogen) atoms. The highest BCUT2D eigenvalue weighted by atomic mass is 35.5. The molecule has 0 spiro atoms. The molecule has 0 radical (unpaired) electrons. The van der Waals surface area contributed by atoms with E-state index in [-0.39, 0.29) is 5.91 Å². The van der Waals surface area contributed by atoms with Crippen LogP contribution in [0.5, 0.6) is 11.5 Å². The molecule has 4 rings (SSSR count). The molecule has 3 aromatic carbocycles. The molecule has 146 valence electrons. The van der Waals surface area contributed by atoms with Gasteiger partial charge in [0.15, 0.2) is 5.58 Å². The van der Waals surface area contributed by atoms with Crippen molar-refractivity contribution < 1.29 is 18.7 Å². The van der Waals surface area contributed by atoms with Crippen molar-refractivity contribution in [3.63, 3.8) is 0 Å². The van der Waals surface area contributed by atoms with Gasteiger partial charge in [0.2, 0.25) is 5.89 Å². The monoisotopic (exact) mass is 408 g/mol. The number of fused-ring (bicyclic) bond motifs is 1. The number of amides is 1. The number of rotatable bonds is 5. The average molecular weight is 409 g/mol. The molecule has 1 aromatic heterocycles. The van der Waals surface area contributed by atoms with Crippen molar-refractivity contribution in [1.82, 2.24) is 4.98 Å². The number of oxazole rings is 1. The first-order valence-corrected chi connectivity index (χ1v) is 9.15. The molecule has 0 aliphatic carbocycles. The molecule has 0 fully saturated rings. The molecule has 0 aliphatic heterocycles. The fraction of sp³-hybridized carbons (Fsp3) is 0.0909. The van der Waals surface area contributed by atoms with Crippen molar-refractivity contribution in [2.75, 3.05) is 19.5 Å². The number of anilines is 1. The molecule has 1 amide bonds. The van der Waals surface area contributed by atoms with Gasteiger partial charge in [-0.05, 0) is 60.7 Å². The third-order valence-corrected chi connectivity index (χ3v) is 4.62. The van der Waals surface area contributed by atoms with Gasteiger partial charge in [-0.1, -0.05) is 11.6 Å². The molecule has 0 atom stereocenters. The van der Waals surface area contributed by atoms with Crippen LogP contribution in [0.25, 0.3) is 22.6 Å². The van der Waals surface area contributed by atoms with Crippen LogP contribution in [0.4, 0.5) is 5.69 Å². The van der Waals surface area contributed by atoms with Crippen LogP contribution < -0.4 is 14.8 Å². The zero-order valence-corrected chi connectivity index (χ0v) is 16.5. The summed E-state index contributed by atoms with van der Waals surface area (Å²) in [5.41, 5.74) is 3.01. The number of hydrogen-bond acceptors (Lipinski definition) is 5. The summed E-state index contributed by atoms with van der Waals surface area (Å²) in [7, 11) is 3.12. The third-order valence-electron chi connectivity index (χ3n) is 4.39. The second kappa shape index (κ2) is 7.85. The number of nitrogens with zero attached hydrogens (tertiary/aromatic N) is 1. The summed E-state index contributed by atoms with van der Waals surface area (Å²) >= 11 is 6.01. The summed E-state index contributed by atoms with van der Waals surface area (Å²) in [6.45, 7) is 0. The predicted octanol–water partition coefficient (Wildman–Crippen LogP) is 5.42. The zero-order valence-electron chi connectivity index (χ0n) is 15.7. The van der Waals surface area contributed by atoms with Crippen LogP contribution in [0.15, 0.2) is 65.1 Å². The average Bonchev–Trinajstić information content (AvgIpc) is 3.17. The first kappa shape index (κ1) is 18.8. The van der Waals surface area contributed by atoms with Gasteiger partial charge in [-0.15, -0.1) is 0 Å². The van der Waals surface area contributed by atoms with Crippen LogP contribution in [0.3, 0.4) is 0 Å². The van der Waals surface area contributed by atoms with E-state index in [1.54, 1.807) is 43.5 Å². The number of ether oxygens (including phenoxy) is 2. The lowest BCUT2D eigenvalue weighted by Gasteiger charge is -2.09. The standard InChI is InChI=1S/C22H17ClN2O4/c1-27-16-7-3-13(4-8-16)22-25-18-12-15(6-10-20(18)29-22)24-21(26)17-11-14(23)5-9-19(17)28-2/h3-12H,1-2H3,(H,24,26). The molecule has 6 nitrogen and oxygen atoms in total. The number of carbonyl (C=O) groups is 1. The Morgan fingerprint density at radius 1 is 1.00 bits per heavy atom. The van der Waals surface area contributed by atoms with Crippen molar-refractivity contribution in [2.24, 2.45) is 0 Å². The van der Waals surface area contributed by atoms with Gasteiger partial charge in [0.05, 0.1) is 19.8 Å². The Bertz CT molecular complexity index is 1190. The second-order valence-corrected chi connectivity index (χ2v) is 6.67. The number of halogens is 1. The quantitative estimate of drug-likeness (QED) is 0.477. The minimum Gasteiger partial charge on any atom is -0.497 e. The van der Waals surface area contributed by atoms with Gasteiger partial charge in [-0.25, -0.2) is 4.98 Å². The number of methoxy groups -OCH3 is 2. The van der Waals surface area contributed by atoms with Crippen LogP contribution >= 0.6 is 11.6 Å². The Kier molecular flexibility index (Phi) is 5.10. The highest BCUT2D eigenvalue weighted by Gasteiger charge is 2.15. The Hall–Kier alpha value is -3.51. The molecule has 0 bridgehead atoms. The summed E-state index contributed by atoms with van der Waals surface area (Å²) in [4.78, 5) is 17.2. The highest BCUT2D eigenvalue weighted by Crippen LogP contribution is 2.28. The van der Waals surface area contributed by atoms with Crippen molar-refractivity contribution >= 4 is 34.3 Å². The summed E-state index contributed by atoms with van der Waals surface area (Å²) in [5, 5.41) is 3.29. The molecule has 4 aromatic rings. The second-order valence-electron chi connectivity index (χ2n) is 6.23. The van der Waals surface area contributed by atoms with E-state index in [2.05, 4.69) is 10.3 Å². The molecule has 0 saturated carbocycles. The maximum Gasteiger partial charge on any atom is 0.259 e. The van der Waals surface area contributed by atoms with Crippen molar-refractivity contribution in [1.29, 1.82) is 0 Å². The number of benzene rings is 3. The predicted molar refractivity (Wildman–Crippen MR) is 112 cm³/mol. The number of aromatic nitrogens is 1. The summed E-state index contributed by atoms with van der Waals surface area (Å²) < 4.78 is 16.2. The normalized spacial score (nSPS) is 10.7. The van der Waals surface area contributed by atoms with Gasteiger partial charge in [-0.2, -0.15) is 0 Å². The highest BCUT2D eigenvalue weighted by molar-refractivity contribution is 6.31. The summed E-state index contributed by atoms with van der Waals surface area (Å²) in [6.07, 6.45) is 0. The Balaban J connectivity index is 1.60. The first-order chi connectivity index (χ1) is 14.1. The Morgan fingerprint density at radius 2 is 1.79 bits per heavy atom. The van der Waals surface area contributed by atoms with Crippen LogP contribution in [-0.2, 0) is 0 Å². The summed E-state index contributed by atoms with van der Waals surface area (Å²) in [6, 6.07) is 17.6. The van der Waals surface area contributed by atoms with E-state index in [1.807, 2.05) is 24.3 Å². The van der Waals surface area contributed by atoms with Gasteiger partial charge in [0, 0.05) is 16.3 Å². The molecule has 0 unspecified atom stereocenters. The topological polar surface area (TPSA) is 73.6 Å². The Labute approximate surface area is 172 Å². The molecule has 0 aliphatic rings. The Morgan fingerprint density at radius 3 is 2.52 bits per heavy atom. The molecule has 7 heteroatoms. The van der Waals surface area contributed by atoms with Gasteiger partial charge in [-0.3, -0.25) is 4.79 Å². The van der Waals surface area contributed by atoms with Gasteiger partial charge in [0.25, 0.3) is 5.91 Å². The van der Waals surface area contributed by atoms with E-state index < -0.39 is 0 Å². The maximum absolute atomic E-state index is 12.7. The lowest BCUT2D eigenvalue weighted by atomic mass is 10.1. The van der Waals surface area contributed by atoms with Crippen molar-refractivity contribution in [2.45, 2.75) is 0 Å². The minimum atomic E-state index is -0.331. The number of nitrogens with one attached hydrogen (secondary N) is 1. The van der Waals surface area contributed by atoms with Crippen molar-refractivity contribution in [3.8, 4) is 23.0 Å². The molecule has 0 saturated heterocycles. The van der Waals surface area contributed by atoms with Crippen LogP contribution in [0.2, 0.25) is 5.02 Å². The van der Waals surface area contributed by atoms with Crippen molar-refractivity contribution in [3.05, 3.63) is 71.2 Å². The van der Waals surface area contributed by atoms with Crippen LogP contribution in [0.1, 0.15) is 10.4 Å². The van der Waals surface area contributed by atoms with E-state index in [0.29, 0.717) is 39.0 Å². The van der Waals surface area contributed by atoms with Gasteiger partial charge >= 0.3 is 0 Å². The van der Waals surface area contributed by atoms with E-state index >= 15 is 0 Å². The number of carbonyl (C=O) groups excluding carboxylic acids is 1. The maximum atomic E-state index is 12.7.